The molecule has 10 heteroatoms. The molecule has 35 heavy (non-hydrogen) atoms. The van der Waals surface area contributed by atoms with Crippen molar-refractivity contribution in [2.24, 2.45) is 5.92 Å². The van der Waals surface area contributed by atoms with Gasteiger partial charge in [-0.3, -0.25) is 14.6 Å². The molecule has 1 unspecified atom stereocenters. The minimum Gasteiger partial charge on any atom is -0.497 e. The standard InChI is InChI=1S/C25H35N3O7/c1-6-34-23(29)16-10-12-28(13-11-16)15-19-21(24(30)35-7-2)22(26-25(31)27(19)3)18-9-8-17(32-4)14-20(18)33-5/h8-9,14,16,22H,6-7,10-13,15H2,1-5H3,(H,26,31). The van der Waals surface area contributed by atoms with Crippen LogP contribution in [0, 0.1) is 5.92 Å². The fourth-order valence-corrected chi connectivity index (χ4v) is 4.49. The van der Waals surface area contributed by atoms with Crippen LogP contribution in [0.3, 0.4) is 0 Å². The smallest absolute Gasteiger partial charge is 0.338 e. The van der Waals surface area contributed by atoms with E-state index in [0.717, 1.165) is 0 Å². The van der Waals surface area contributed by atoms with Crippen LogP contribution in [-0.4, -0.2) is 81.9 Å². The number of ether oxygens (including phenoxy) is 4. The molecule has 1 fully saturated rings. The summed E-state index contributed by atoms with van der Waals surface area (Å²) >= 11 is 0. The van der Waals surface area contributed by atoms with Crippen molar-refractivity contribution >= 4 is 18.0 Å². The van der Waals surface area contributed by atoms with Gasteiger partial charge in [0.05, 0.1) is 45.0 Å². The molecule has 192 valence electrons. The Labute approximate surface area is 206 Å². The number of benzene rings is 1. The molecular weight excluding hydrogens is 454 g/mol. The molecule has 0 bridgehead atoms. The van der Waals surface area contributed by atoms with E-state index in [4.69, 9.17) is 18.9 Å². The van der Waals surface area contributed by atoms with Gasteiger partial charge in [-0.2, -0.15) is 0 Å². The number of nitrogens with one attached hydrogen (secondary N) is 1. The topological polar surface area (TPSA) is 107 Å². The van der Waals surface area contributed by atoms with E-state index in [1.54, 1.807) is 46.2 Å². The Bertz CT molecular complexity index is 970. The Balaban J connectivity index is 1.96. The number of amides is 2. The molecule has 2 aliphatic rings. The third-order valence-corrected chi connectivity index (χ3v) is 6.40. The number of likely N-dealkylation sites (N-methyl/N-ethyl adjacent to an activating group) is 1. The van der Waals surface area contributed by atoms with Gasteiger partial charge in [0.15, 0.2) is 0 Å². The van der Waals surface area contributed by atoms with Gasteiger partial charge in [0.2, 0.25) is 0 Å². The first-order valence-corrected chi connectivity index (χ1v) is 11.9. The van der Waals surface area contributed by atoms with E-state index in [-0.39, 0.29) is 24.5 Å². The van der Waals surface area contributed by atoms with Gasteiger partial charge in [-0.05, 0) is 51.9 Å². The first-order valence-electron chi connectivity index (χ1n) is 11.9. The minimum atomic E-state index is -0.759. The molecule has 2 heterocycles. The lowest BCUT2D eigenvalue weighted by Gasteiger charge is -2.38. The molecule has 1 atom stereocenters. The molecule has 3 rings (SSSR count). The van der Waals surface area contributed by atoms with Crippen molar-refractivity contribution in [2.75, 3.05) is 54.1 Å². The van der Waals surface area contributed by atoms with E-state index in [2.05, 4.69) is 10.2 Å². The van der Waals surface area contributed by atoms with Gasteiger partial charge in [-0.25, -0.2) is 9.59 Å². The van der Waals surface area contributed by atoms with Crippen molar-refractivity contribution in [2.45, 2.75) is 32.7 Å². The lowest BCUT2D eigenvalue weighted by molar-refractivity contribution is -0.149. The molecule has 0 saturated carbocycles. The van der Waals surface area contributed by atoms with Crippen molar-refractivity contribution in [3.8, 4) is 11.5 Å². The lowest BCUT2D eigenvalue weighted by atomic mass is 9.92. The number of carbonyl (C=O) groups excluding carboxylic acids is 3. The first-order chi connectivity index (χ1) is 16.8. The summed E-state index contributed by atoms with van der Waals surface area (Å²) in [6, 6.07) is 4.14. The fourth-order valence-electron chi connectivity index (χ4n) is 4.49. The first kappa shape index (κ1) is 26.3. The summed E-state index contributed by atoms with van der Waals surface area (Å²) in [6.45, 7) is 5.77. The second-order valence-electron chi connectivity index (χ2n) is 8.43. The van der Waals surface area contributed by atoms with Crippen LogP contribution in [-0.2, 0) is 19.1 Å². The lowest BCUT2D eigenvalue weighted by Crippen LogP contribution is -2.50. The summed E-state index contributed by atoms with van der Waals surface area (Å²) in [7, 11) is 4.72. The van der Waals surface area contributed by atoms with Gasteiger partial charge in [0.25, 0.3) is 0 Å². The Morgan fingerprint density at radius 2 is 1.74 bits per heavy atom. The molecule has 10 nitrogen and oxygen atoms in total. The van der Waals surface area contributed by atoms with Crippen molar-refractivity contribution < 1.29 is 33.3 Å². The molecule has 0 aromatic heterocycles. The van der Waals surface area contributed by atoms with Gasteiger partial charge in [0, 0.05) is 30.9 Å². The summed E-state index contributed by atoms with van der Waals surface area (Å²) in [6.07, 6.45) is 1.32. The molecule has 0 radical (unpaired) electrons. The SMILES string of the molecule is CCOC(=O)C1=C(CN2CCC(C(=O)OCC)CC2)N(C)C(=O)NC1c1ccc(OC)cc1OC. The zero-order valence-electron chi connectivity index (χ0n) is 21.1. The van der Waals surface area contributed by atoms with Gasteiger partial charge in [-0.15, -0.1) is 0 Å². The fraction of sp³-hybridized carbons (Fsp3) is 0.560. The van der Waals surface area contributed by atoms with Crippen LogP contribution < -0.4 is 14.8 Å². The number of hydrogen-bond acceptors (Lipinski definition) is 8. The predicted molar refractivity (Wildman–Crippen MR) is 128 cm³/mol. The van der Waals surface area contributed by atoms with Crippen LogP contribution in [0.1, 0.15) is 38.3 Å². The summed E-state index contributed by atoms with van der Waals surface area (Å²) < 4.78 is 21.4. The van der Waals surface area contributed by atoms with Crippen molar-refractivity contribution in [3.05, 3.63) is 35.0 Å². The largest absolute Gasteiger partial charge is 0.497 e. The second-order valence-corrected chi connectivity index (χ2v) is 8.43. The van der Waals surface area contributed by atoms with Crippen LogP contribution >= 0.6 is 0 Å². The van der Waals surface area contributed by atoms with Crippen molar-refractivity contribution in [3.63, 3.8) is 0 Å². The van der Waals surface area contributed by atoms with Crippen LogP contribution in [0.15, 0.2) is 29.5 Å². The number of piperidine rings is 1. The molecule has 1 aromatic carbocycles. The van der Waals surface area contributed by atoms with E-state index in [1.165, 1.54) is 12.0 Å². The van der Waals surface area contributed by atoms with Crippen LogP contribution in [0.4, 0.5) is 4.79 Å². The average molecular weight is 490 g/mol. The predicted octanol–water partition coefficient (Wildman–Crippen LogP) is 2.49. The van der Waals surface area contributed by atoms with Gasteiger partial charge in [-0.1, -0.05) is 0 Å². The van der Waals surface area contributed by atoms with Crippen LogP contribution in [0.5, 0.6) is 11.5 Å². The summed E-state index contributed by atoms with van der Waals surface area (Å²) in [5, 5.41) is 2.92. The maximum Gasteiger partial charge on any atom is 0.338 e. The summed E-state index contributed by atoms with van der Waals surface area (Å²) in [5.41, 5.74) is 1.53. The van der Waals surface area contributed by atoms with E-state index >= 15 is 0 Å². The zero-order valence-corrected chi connectivity index (χ0v) is 21.1. The number of likely N-dealkylation sites (tertiary alicyclic amines) is 1. The normalized spacial score (nSPS) is 19.3. The number of urea groups is 1. The Kier molecular flexibility index (Phi) is 8.97. The summed E-state index contributed by atoms with van der Waals surface area (Å²) in [5.74, 6) is 0.276. The molecule has 1 aromatic rings. The molecule has 0 spiro atoms. The number of hydrogen-bond donors (Lipinski definition) is 1. The van der Waals surface area contributed by atoms with Crippen LogP contribution in [0.25, 0.3) is 0 Å². The monoisotopic (exact) mass is 489 g/mol. The van der Waals surface area contributed by atoms with E-state index in [0.29, 0.717) is 67.4 Å². The highest BCUT2D eigenvalue weighted by molar-refractivity contribution is 5.95. The van der Waals surface area contributed by atoms with Gasteiger partial charge >= 0.3 is 18.0 Å². The molecular formula is C25H35N3O7. The number of nitrogens with zero attached hydrogens (tertiary/aromatic N) is 2. The van der Waals surface area contributed by atoms with E-state index in [9.17, 15) is 14.4 Å². The van der Waals surface area contributed by atoms with E-state index < -0.39 is 12.0 Å². The van der Waals surface area contributed by atoms with Gasteiger partial charge in [0.1, 0.15) is 11.5 Å². The van der Waals surface area contributed by atoms with Crippen molar-refractivity contribution in [1.29, 1.82) is 0 Å². The average Bonchev–Trinajstić information content (AvgIpc) is 2.86. The maximum atomic E-state index is 13.2. The number of esters is 2. The molecule has 1 N–H and O–H groups in total. The van der Waals surface area contributed by atoms with Crippen molar-refractivity contribution in [1.82, 2.24) is 15.1 Å². The maximum absolute atomic E-state index is 13.2. The molecule has 0 aliphatic carbocycles. The molecule has 2 aliphatic heterocycles. The highest BCUT2D eigenvalue weighted by Gasteiger charge is 2.39. The number of rotatable bonds is 9. The minimum absolute atomic E-state index is 0.131. The zero-order chi connectivity index (χ0) is 25.5. The Morgan fingerprint density at radius 1 is 1.06 bits per heavy atom. The third kappa shape index (κ3) is 5.87. The highest BCUT2D eigenvalue weighted by Crippen LogP contribution is 2.38. The number of carbonyl (C=O) groups is 3. The third-order valence-electron chi connectivity index (χ3n) is 6.40. The van der Waals surface area contributed by atoms with Crippen LogP contribution in [0.2, 0.25) is 0 Å². The Morgan fingerprint density at radius 3 is 2.34 bits per heavy atom. The second kappa shape index (κ2) is 11.9. The highest BCUT2D eigenvalue weighted by atomic mass is 16.5. The molecule has 1 saturated heterocycles. The summed E-state index contributed by atoms with van der Waals surface area (Å²) in [4.78, 5) is 41.9. The van der Waals surface area contributed by atoms with Gasteiger partial charge < -0.3 is 24.3 Å². The van der Waals surface area contributed by atoms with E-state index in [1.807, 2.05) is 0 Å². The molecule has 2 amide bonds. The quantitative estimate of drug-likeness (QED) is 0.528. The number of methoxy groups -OCH3 is 2. The Hall–Kier alpha value is -3.27.